The molecular formula is C15H15F3N2O3. The van der Waals surface area contributed by atoms with E-state index in [0.29, 0.717) is 23.5 Å². The zero-order valence-electron chi connectivity index (χ0n) is 12.6. The first-order valence-corrected chi connectivity index (χ1v) is 6.95. The molecule has 1 aromatic carbocycles. The fourth-order valence-corrected chi connectivity index (χ4v) is 2.00. The van der Waals surface area contributed by atoms with E-state index in [9.17, 15) is 18.0 Å². The lowest BCUT2D eigenvalue weighted by Gasteiger charge is -2.08. The van der Waals surface area contributed by atoms with Crippen LogP contribution in [0.1, 0.15) is 24.3 Å². The molecule has 5 nitrogen and oxygen atoms in total. The summed E-state index contributed by atoms with van der Waals surface area (Å²) in [7, 11) is 0. The summed E-state index contributed by atoms with van der Waals surface area (Å²) in [5.41, 5.74) is 1.32. The van der Waals surface area contributed by atoms with Gasteiger partial charge in [0.05, 0.1) is 12.3 Å². The van der Waals surface area contributed by atoms with Crippen LogP contribution in [0.5, 0.6) is 5.75 Å². The fourth-order valence-electron chi connectivity index (χ4n) is 2.00. The quantitative estimate of drug-likeness (QED) is 0.786. The molecule has 0 aliphatic carbocycles. The van der Waals surface area contributed by atoms with Gasteiger partial charge in [0, 0.05) is 12.1 Å². The number of esters is 1. The van der Waals surface area contributed by atoms with Crippen LogP contribution in [-0.4, -0.2) is 28.7 Å². The number of carbonyl (C=O) groups excluding carboxylic acids is 1. The zero-order valence-corrected chi connectivity index (χ0v) is 12.6. The molecule has 0 bridgehead atoms. The van der Waals surface area contributed by atoms with Crippen molar-refractivity contribution in [2.45, 2.75) is 26.8 Å². The van der Waals surface area contributed by atoms with Crippen molar-refractivity contribution in [2.75, 3.05) is 6.61 Å². The van der Waals surface area contributed by atoms with Crippen molar-refractivity contribution in [3.05, 3.63) is 36.0 Å². The SMILES string of the molecule is CCOC(=O)c1cc(-c2ccc(OC(F)(F)F)cc2)nn1CC. The van der Waals surface area contributed by atoms with Crippen LogP contribution < -0.4 is 4.74 Å². The second-order valence-corrected chi connectivity index (χ2v) is 4.52. The van der Waals surface area contributed by atoms with Gasteiger partial charge in [0.25, 0.3) is 0 Å². The van der Waals surface area contributed by atoms with Gasteiger partial charge in [-0.05, 0) is 44.2 Å². The maximum atomic E-state index is 12.1. The van der Waals surface area contributed by atoms with E-state index in [1.54, 1.807) is 13.0 Å². The molecule has 0 saturated heterocycles. The van der Waals surface area contributed by atoms with E-state index in [2.05, 4.69) is 9.84 Å². The molecule has 1 heterocycles. The lowest BCUT2D eigenvalue weighted by atomic mass is 10.1. The summed E-state index contributed by atoms with van der Waals surface area (Å²) < 4.78 is 46.7. The van der Waals surface area contributed by atoms with E-state index in [0.717, 1.165) is 0 Å². The number of halogens is 3. The predicted molar refractivity (Wildman–Crippen MR) is 76.0 cm³/mol. The van der Waals surface area contributed by atoms with Gasteiger partial charge in [-0.15, -0.1) is 13.2 Å². The van der Waals surface area contributed by atoms with E-state index in [1.165, 1.54) is 28.9 Å². The Bertz CT molecular complexity index is 678. The first kappa shape index (κ1) is 16.9. The standard InChI is InChI=1S/C15H15F3N2O3/c1-3-20-13(14(21)22-4-2)9-12(19-20)10-5-7-11(8-6-10)23-15(16,17)18/h5-9H,3-4H2,1-2H3. The highest BCUT2D eigenvalue weighted by Crippen LogP contribution is 2.26. The van der Waals surface area contributed by atoms with Gasteiger partial charge in [0.1, 0.15) is 11.4 Å². The van der Waals surface area contributed by atoms with Crippen LogP contribution in [0.3, 0.4) is 0 Å². The molecular weight excluding hydrogens is 313 g/mol. The molecule has 8 heteroatoms. The summed E-state index contributed by atoms with van der Waals surface area (Å²) in [5.74, 6) is -0.813. The molecule has 0 unspecified atom stereocenters. The molecule has 0 aliphatic heterocycles. The molecule has 0 aliphatic rings. The molecule has 124 valence electrons. The van der Waals surface area contributed by atoms with E-state index in [4.69, 9.17) is 4.74 Å². The van der Waals surface area contributed by atoms with Gasteiger partial charge in [-0.3, -0.25) is 4.68 Å². The van der Waals surface area contributed by atoms with Crippen molar-refractivity contribution in [1.29, 1.82) is 0 Å². The highest BCUT2D eigenvalue weighted by Gasteiger charge is 2.31. The number of aromatic nitrogens is 2. The lowest BCUT2D eigenvalue weighted by molar-refractivity contribution is -0.274. The Balaban J connectivity index is 2.26. The summed E-state index contributed by atoms with van der Waals surface area (Å²) in [5, 5.41) is 4.26. The number of hydrogen-bond donors (Lipinski definition) is 0. The largest absolute Gasteiger partial charge is 0.573 e. The Morgan fingerprint density at radius 3 is 2.39 bits per heavy atom. The average molecular weight is 328 g/mol. The molecule has 23 heavy (non-hydrogen) atoms. The van der Waals surface area contributed by atoms with Crippen molar-refractivity contribution in [2.24, 2.45) is 0 Å². The topological polar surface area (TPSA) is 53.4 Å². The predicted octanol–water partition coefficient (Wildman–Crippen LogP) is 3.65. The Labute approximate surface area is 130 Å². The van der Waals surface area contributed by atoms with E-state index < -0.39 is 12.3 Å². The van der Waals surface area contributed by atoms with E-state index in [-0.39, 0.29) is 12.4 Å². The summed E-state index contributed by atoms with van der Waals surface area (Å²) in [4.78, 5) is 11.9. The Hall–Kier alpha value is -2.51. The van der Waals surface area contributed by atoms with Crippen LogP contribution in [-0.2, 0) is 11.3 Å². The lowest BCUT2D eigenvalue weighted by Crippen LogP contribution is -2.16. The summed E-state index contributed by atoms with van der Waals surface area (Å²) in [6.45, 7) is 4.22. The van der Waals surface area contributed by atoms with Gasteiger partial charge in [-0.1, -0.05) is 0 Å². The maximum absolute atomic E-state index is 12.1. The molecule has 1 aromatic heterocycles. The molecule has 0 fully saturated rings. The first-order chi connectivity index (χ1) is 10.8. The number of alkyl halides is 3. The molecule has 0 radical (unpaired) electrons. The third-order valence-electron chi connectivity index (χ3n) is 2.95. The Kier molecular flexibility index (Phi) is 4.92. The Morgan fingerprint density at radius 1 is 1.22 bits per heavy atom. The summed E-state index contributed by atoms with van der Waals surface area (Å²) >= 11 is 0. The smallest absolute Gasteiger partial charge is 0.461 e. The van der Waals surface area contributed by atoms with Gasteiger partial charge in [0.15, 0.2) is 0 Å². The normalized spacial score (nSPS) is 11.3. The minimum absolute atomic E-state index is 0.243. The summed E-state index contributed by atoms with van der Waals surface area (Å²) in [6.07, 6.45) is -4.73. The number of benzene rings is 1. The third kappa shape index (κ3) is 4.24. The van der Waals surface area contributed by atoms with E-state index >= 15 is 0 Å². The highest BCUT2D eigenvalue weighted by molar-refractivity contribution is 5.89. The van der Waals surface area contributed by atoms with Crippen molar-refractivity contribution in [3.63, 3.8) is 0 Å². The fraction of sp³-hybridized carbons (Fsp3) is 0.333. The number of nitrogens with zero attached hydrogens (tertiary/aromatic N) is 2. The van der Waals surface area contributed by atoms with Crippen molar-refractivity contribution in [1.82, 2.24) is 9.78 Å². The molecule has 0 amide bonds. The number of ether oxygens (including phenoxy) is 2. The highest BCUT2D eigenvalue weighted by atomic mass is 19.4. The first-order valence-electron chi connectivity index (χ1n) is 6.95. The number of carbonyl (C=O) groups is 1. The molecule has 0 atom stereocenters. The molecule has 2 rings (SSSR count). The molecule has 0 spiro atoms. The average Bonchev–Trinajstić information content (AvgIpc) is 2.91. The minimum atomic E-state index is -4.73. The van der Waals surface area contributed by atoms with Crippen LogP contribution in [0.2, 0.25) is 0 Å². The molecule has 2 aromatic rings. The summed E-state index contributed by atoms with van der Waals surface area (Å²) in [6, 6.07) is 6.81. The minimum Gasteiger partial charge on any atom is -0.461 e. The van der Waals surface area contributed by atoms with Gasteiger partial charge in [0.2, 0.25) is 0 Å². The molecule has 0 N–H and O–H groups in total. The van der Waals surface area contributed by atoms with Crippen LogP contribution >= 0.6 is 0 Å². The Morgan fingerprint density at radius 2 is 1.87 bits per heavy atom. The van der Waals surface area contributed by atoms with Crippen LogP contribution in [0.15, 0.2) is 30.3 Å². The van der Waals surface area contributed by atoms with Gasteiger partial charge < -0.3 is 9.47 Å². The van der Waals surface area contributed by atoms with Gasteiger partial charge >= 0.3 is 12.3 Å². The zero-order chi connectivity index (χ0) is 17.0. The van der Waals surface area contributed by atoms with Crippen molar-refractivity contribution < 1.29 is 27.4 Å². The van der Waals surface area contributed by atoms with Crippen LogP contribution in [0, 0.1) is 0 Å². The number of aryl methyl sites for hydroxylation is 1. The molecule has 0 saturated carbocycles. The monoisotopic (exact) mass is 328 g/mol. The third-order valence-corrected chi connectivity index (χ3v) is 2.95. The van der Waals surface area contributed by atoms with Crippen LogP contribution in [0.25, 0.3) is 11.3 Å². The van der Waals surface area contributed by atoms with E-state index in [1.807, 2.05) is 6.92 Å². The second kappa shape index (κ2) is 6.72. The number of hydrogen-bond acceptors (Lipinski definition) is 4. The second-order valence-electron chi connectivity index (χ2n) is 4.52. The van der Waals surface area contributed by atoms with Gasteiger partial charge in [-0.25, -0.2) is 4.79 Å². The van der Waals surface area contributed by atoms with Crippen LogP contribution in [0.4, 0.5) is 13.2 Å². The van der Waals surface area contributed by atoms with Gasteiger partial charge in [-0.2, -0.15) is 5.10 Å². The number of rotatable bonds is 5. The van der Waals surface area contributed by atoms with Crippen molar-refractivity contribution >= 4 is 5.97 Å². The van der Waals surface area contributed by atoms with Crippen molar-refractivity contribution in [3.8, 4) is 17.0 Å². The maximum Gasteiger partial charge on any atom is 0.573 e.